The van der Waals surface area contributed by atoms with Gasteiger partial charge in [-0.15, -0.1) is 0 Å². The highest BCUT2D eigenvalue weighted by Gasteiger charge is 2.30. The van der Waals surface area contributed by atoms with Crippen molar-refractivity contribution in [2.75, 3.05) is 26.6 Å². The normalized spacial score (nSPS) is 15.9. The Morgan fingerprint density at radius 3 is 2.35 bits per heavy atom. The number of hydrogen-bond acceptors (Lipinski definition) is 7. The number of benzene rings is 1. The van der Waals surface area contributed by atoms with E-state index >= 15 is 0 Å². The van der Waals surface area contributed by atoms with Crippen molar-refractivity contribution in [3.8, 4) is 17.2 Å². The maximum atomic E-state index is 12.3. The first kappa shape index (κ1) is 19.4. The number of rotatable bonds is 6. The predicted molar refractivity (Wildman–Crippen MR) is 99.0 cm³/mol. The summed E-state index contributed by atoms with van der Waals surface area (Å²) in [5.41, 5.74) is 10.9. The molecular weight excluding hydrogens is 362 g/mol. The summed E-state index contributed by atoms with van der Waals surface area (Å²) >= 11 is 1.03. The van der Waals surface area contributed by atoms with Crippen LogP contribution in [-0.2, 0) is 9.59 Å². The van der Waals surface area contributed by atoms with Gasteiger partial charge >= 0.3 is 0 Å². The first-order valence-corrected chi connectivity index (χ1v) is 8.24. The smallest absolute Gasteiger partial charge is 0.262 e. The van der Waals surface area contributed by atoms with Crippen LogP contribution in [0.4, 0.5) is 5.69 Å². The van der Waals surface area contributed by atoms with Crippen LogP contribution >= 0.6 is 11.8 Å². The van der Waals surface area contributed by atoms with Crippen LogP contribution < -0.4 is 31.0 Å². The molecular formula is C15H19N5O5S. The fourth-order valence-corrected chi connectivity index (χ4v) is 3.14. The molecule has 1 aromatic rings. The Kier molecular flexibility index (Phi) is 6.28. The number of aliphatic imine (C=N–C) groups is 2. The number of carbonyl (C=O) groups is 2. The zero-order chi connectivity index (χ0) is 19.3. The minimum atomic E-state index is -0.685. The highest BCUT2D eigenvalue weighted by atomic mass is 32.2. The number of thioether (sulfide) groups is 1. The van der Waals surface area contributed by atoms with Gasteiger partial charge in [-0.25, -0.2) is 0 Å². The molecule has 11 heteroatoms. The van der Waals surface area contributed by atoms with Crippen molar-refractivity contribution in [3.63, 3.8) is 0 Å². The second-order valence-electron chi connectivity index (χ2n) is 5.04. The van der Waals surface area contributed by atoms with E-state index in [9.17, 15) is 9.59 Å². The third-order valence-corrected chi connectivity index (χ3v) is 4.32. The summed E-state index contributed by atoms with van der Waals surface area (Å²) in [6.07, 6.45) is -0.0901. The van der Waals surface area contributed by atoms with Crippen molar-refractivity contribution < 1.29 is 23.8 Å². The Morgan fingerprint density at radius 1 is 1.23 bits per heavy atom. The Bertz CT molecular complexity index is 751. The maximum absolute atomic E-state index is 12.3. The standard InChI is InChI=1S/C15H19N5O5S/c1-23-8-4-7(5-9(24-2)12(8)25-3)18-11(21)6-10-13(22)19-15(26-10)20-14(16)17/h4-5,10H,6H2,1-3H3,(H,18,21)(H4,16,17,19,20,22). The number of carbonyl (C=O) groups excluding carboxylic acids is 2. The van der Waals surface area contributed by atoms with Crippen molar-refractivity contribution in [1.82, 2.24) is 0 Å². The largest absolute Gasteiger partial charge is 0.493 e. The molecule has 26 heavy (non-hydrogen) atoms. The van der Waals surface area contributed by atoms with Crippen molar-refractivity contribution in [3.05, 3.63) is 12.1 Å². The molecule has 1 aliphatic heterocycles. The van der Waals surface area contributed by atoms with Gasteiger partial charge in [0.1, 0.15) is 5.25 Å². The predicted octanol–water partition coefficient (Wildman–Crippen LogP) is 0.312. The lowest BCUT2D eigenvalue weighted by Gasteiger charge is -2.15. The van der Waals surface area contributed by atoms with Crippen molar-refractivity contribution >= 4 is 40.4 Å². The molecule has 0 saturated carbocycles. The van der Waals surface area contributed by atoms with Gasteiger partial charge in [-0.3, -0.25) is 9.59 Å². The molecule has 1 atom stereocenters. The average molecular weight is 381 g/mol. The highest BCUT2D eigenvalue weighted by Crippen LogP contribution is 2.40. The minimum Gasteiger partial charge on any atom is -0.493 e. The van der Waals surface area contributed by atoms with E-state index in [-0.39, 0.29) is 23.5 Å². The first-order valence-electron chi connectivity index (χ1n) is 7.36. The van der Waals surface area contributed by atoms with E-state index in [0.717, 1.165) is 11.8 Å². The number of amidine groups is 1. The Balaban J connectivity index is 2.07. The van der Waals surface area contributed by atoms with E-state index in [4.69, 9.17) is 25.7 Å². The molecule has 5 N–H and O–H groups in total. The van der Waals surface area contributed by atoms with E-state index in [2.05, 4.69) is 15.3 Å². The van der Waals surface area contributed by atoms with E-state index in [1.165, 1.54) is 21.3 Å². The Hall–Kier alpha value is -2.95. The van der Waals surface area contributed by atoms with Gasteiger partial charge in [0.25, 0.3) is 5.91 Å². The van der Waals surface area contributed by atoms with E-state index in [1.807, 2.05) is 0 Å². The van der Waals surface area contributed by atoms with Crippen LogP contribution in [0.3, 0.4) is 0 Å². The number of anilines is 1. The third kappa shape index (κ3) is 4.57. The number of nitrogens with one attached hydrogen (secondary N) is 1. The molecule has 140 valence electrons. The van der Waals surface area contributed by atoms with Crippen molar-refractivity contribution in [2.24, 2.45) is 21.5 Å². The zero-order valence-electron chi connectivity index (χ0n) is 14.4. The lowest BCUT2D eigenvalue weighted by atomic mass is 10.2. The van der Waals surface area contributed by atoms with Crippen LogP contribution in [0, 0.1) is 0 Å². The molecule has 0 aliphatic carbocycles. The van der Waals surface area contributed by atoms with Crippen LogP contribution in [0.25, 0.3) is 0 Å². The summed E-state index contributed by atoms with van der Waals surface area (Å²) in [6, 6.07) is 3.18. The molecule has 2 rings (SSSR count). The molecule has 2 amide bonds. The summed E-state index contributed by atoms with van der Waals surface area (Å²) in [5.74, 6) is 0.149. The lowest BCUT2D eigenvalue weighted by Crippen LogP contribution is -2.23. The fourth-order valence-electron chi connectivity index (χ4n) is 2.19. The van der Waals surface area contributed by atoms with Gasteiger partial charge in [-0.1, -0.05) is 11.8 Å². The van der Waals surface area contributed by atoms with Gasteiger partial charge < -0.3 is 31.0 Å². The van der Waals surface area contributed by atoms with Gasteiger partial charge in [-0.2, -0.15) is 9.98 Å². The van der Waals surface area contributed by atoms with Crippen LogP contribution in [0.15, 0.2) is 22.1 Å². The summed E-state index contributed by atoms with van der Waals surface area (Å²) in [4.78, 5) is 31.5. The molecule has 0 radical (unpaired) electrons. The fraction of sp³-hybridized carbons (Fsp3) is 0.333. The molecule has 1 heterocycles. The van der Waals surface area contributed by atoms with Gasteiger partial charge in [0.2, 0.25) is 11.7 Å². The molecule has 0 fully saturated rings. The number of guanidine groups is 1. The van der Waals surface area contributed by atoms with E-state index < -0.39 is 11.2 Å². The SMILES string of the molecule is COc1cc(NC(=O)CC2SC(N=C(N)N)=NC2=O)cc(OC)c1OC. The molecule has 0 aromatic heterocycles. The molecule has 1 aliphatic rings. The van der Waals surface area contributed by atoms with Gasteiger partial charge in [0.05, 0.1) is 21.3 Å². The van der Waals surface area contributed by atoms with Crippen LogP contribution in [0.2, 0.25) is 0 Å². The third-order valence-electron chi connectivity index (χ3n) is 3.27. The topological polar surface area (TPSA) is 151 Å². The molecule has 10 nitrogen and oxygen atoms in total. The number of hydrogen-bond donors (Lipinski definition) is 3. The first-order chi connectivity index (χ1) is 12.4. The molecule has 0 spiro atoms. The second kappa shape index (κ2) is 8.43. The molecule has 0 saturated heterocycles. The zero-order valence-corrected chi connectivity index (χ0v) is 15.3. The van der Waals surface area contributed by atoms with Crippen LogP contribution in [-0.4, -0.2) is 49.5 Å². The number of nitrogens with zero attached hydrogens (tertiary/aromatic N) is 2. The number of amides is 2. The summed E-state index contributed by atoms with van der Waals surface area (Å²) < 4.78 is 15.7. The van der Waals surface area contributed by atoms with Crippen molar-refractivity contribution in [1.29, 1.82) is 0 Å². The lowest BCUT2D eigenvalue weighted by molar-refractivity contribution is -0.121. The number of ether oxygens (including phenoxy) is 3. The summed E-state index contributed by atoms with van der Waals surface area (Å²) in [7, 11) is 4.42. The molecule has 0 bridgehead atoms. The Labute approximate surface area is 154 Å². The number of nitrogens with two attached hydrogens (primary N) is 2. The second-order valence-corrected chi connectivity index (χ2v) is 6.21. The average Bonchev–Trinajstić information content (AvgIpc) is 2.91. The summed E-state index contributed by atoms with van der Waals surface area (Å²) in [6.45, 7) is 0. The monoisotopic (exact) mass is 381 g/mol. The highest BCUT2D eigenvalue weighted by molar-refractivity contribution is 8.15. The van der Waals surface area contributed by atoms with Gasteiger partial charge in [0, 0.05) is 24.2 Å². The van der Waals surface area contributed by atoms with Gasteiger partial charge in [0.15, 0.2) is 22.6 Å². The van der Waals surface area contributed by atoms with Gasteiger partial charge in [-0.05, 0) is 0 Å². The molecule has 1 unspecified atom stereocenters. The molecule has 1 aromatic carbocycles. The van der Waals surface area contributed by atoms with E-state index in [0.29, 0.717) is 22.9 Å². The maximum Gasteiger partial charge on any atom is 0.262 e. The van der Waals surface area contributed by atoms with Crippen LogP contribution in [0.5, 0.6) is 17.2 Å². The minimum absolute atomic E-state index is 0.0901. The van der Waals surface area contributed by atoms with Crippen LogP contribution in [0.1, 0.15) is 6.42 Å². The summed E-state index contributed by atoms with van der Waals surface area (Å²) in [5, 5.41) is 2.14. The quantitative estimate of drug-likeness (QED) is 0.470. The van der Waals surface area contributed by atoms with Crippen molar-refractivity contribution in [2.45, 2.75) is 11.7 Å². The van der Waals surface area contributed by atoms with E-state index in [1.54, 1.807) is 12.1 Å². The number of methoxy groups -OCH3 is 3. The Morgan fingerprint density at radius 2 is 1.85 bits per heavy atom.